The summed E-state index contributed by atoms with van der Waals surface area (Å²) in [6.45, 7) is 2.31. The van der Waals surface area contributed by atoms with Gasteiger partial charge in [0.15, 0.2) is 0 Å². The molecule has 2 aromatic heterocycles. The van der Waals surface area contributed by atoms with E-state index in [4.69, 9.17) is 27.9 Å². The number of morpholine rings is 1. The number of carbonyl (C=O) groups is 1. The summed E-state index contributed by atoms with van der Waals surface area (Å²) in [6.07, 6.45) is 3.02. The molecule has 0 atom stereocenters. The smallest absolute Gasteiger partial charge is 0.339 e. The summed E-state index contributed by atoms with van der Waals surface area (Å²) in [4.78, 5) is 22.7. The van der Waals surface area contributed by atoms with Gasteiger partial charge in [-0.05, 0) is 24.3 Å². The molecule has 138 valence electrons. The Labute approximate surface area is 165 Å². The maximum Gasteiger partial charge on any atom is 0.339 e. The van der Waals surface area contributed by atoms with Gasteiger partial charge in [-0.3, -0.25) is 9.97 Å². The molecule has 0 amide bonds. The molecule has 3 aromatic rings. The molecule has 1 fully saturated rings. The van der Waals surface area contributed by atoms with E-state index in [1.165, 1.54) is 6.20 Å². The number of halogens is 2. The Balaban J connectivity index is 1.98. The largest absolute Gasteiger partial charge is 0.478 e. The highest BCUT2D eigenvalue weighted by atomic mass is 35.5. The average molecular weight is 404 g/mol. The predicted molar refractivity (Wildman–Crippen MR) is 105 cm³/mol. The van der Waals surface area contributed by atoms with E-state index < -0.39 is 5.97 Å². The molecule has 0 spiro atoms. The third-order valence-corrected chi connectivity index (χ3v) is 4.89. The highest BCUT2D eigenvalue weighted by Crippen LogP contribution is 2.35. The molecular weight excluding hydrogens is 389 g/mol. The number of carboxylic acid groups (broad SMARTS) is 1. The first-order chi connectivity index (χ1) is 13.0. The van der Waals surface area contributed by atoms with Crippen molar-refractivity contribution in [3.05, 3.63) is 52.3 Å². The first-order valence-corrected chi connectivity index (χ1v) is 9.10. The van der Waals surface area contributed by atoms with Crippen molar-refractivity contribution >= 4 is 45.8 Å². The zero-order valence-electron chi connectivity index (χ0n) is 14.2. The molecule has 0 unspecified atom stereocenters. The van der Waals surface area contributed by atoms with Crippen LogP contribution in [0.25, 0.3) is 22.2 Å². The third-order valence-electron chi connectivity index (χ3n) is 4.45. The number of hydrogen-bond acceptors (Lipinski definition) is 5. The summed E-state index contributed by atoms with van der Waals surface area (Å²) in [5, 5.41) is 11.4. The van der Waals surface area contributed by atoms with Gasteiger partial charge in [0.1, 0.15) is 5.56 Å². The summed E-state index contributed by atoms with van der Waals surface area (Å²) in [5.74, 6) is -1.02. The van der Waals surface area contributed by atoms with Gasteiger partial charge in [0.05, 0.1) is 30.1 Å². The van der Waals surface area contributed by atoms with Gasteiger partial charge in [0, 0.05) is 46.5 Å². The number of aromatic nitrogens is 2. The Morgan fingerprint density at radius 1 is 1.11 bits per heavy atom. The van der Waals surface area contributed by atoms with Crippen molar-refractivity contribution in [2.75, 3.05) is 31.2 Å². The number of nitrogens with zero attached hydrogens (tertiary/aromatic N) is 3. The van der Waals surface area contributed by atoms with Crippen molar-refractivity contribution in [2.45, 2.75) is 0 Å². The highest BCUT2D eigenvalue weighted by molar-refractivity contribution is 6.35. The highest BCUT2D eigenvalue weighted by Gasteiger charge is 2.23. The van der Waals surface area contributed by atoms with Crippen LogP contribution in [0.5, 0.6) is 0 Å². The number of carboxylic acids is 1. The quantitative estimate of drug-likeness (QED) is 0.707. The van der Waals surface area contributed by atoms with Crippen LogP contribution in [-0.4, -0.2) is 47.3 Å². The van der Waals surface area contributed by atoms with Gasteiger partial charge in [-0.15, -0.1) is 0 Å². The van der Waals surface area contributed by atoms with Crippen molar-refractivity contribution in [1.82, 2.24) is 9.97 Å². The zero-order chi connectivity index (χ0) is 19.0. The van der Waals surface area contributed by atoms with E-state index in [2.05, 4.69) is 9.97 Å². The summed E-state index contributed by atoms with van der Waals surface area (Å²) in [7, 11) is 0. The van der Waals surface area contributed by atoms with Gasteiger partial charge in [-0.25, -0.2) is 4.79 Å². The van der Waals surface area contributed by atoms with Crippen LogP contribution in [0, 0.1) is 0 Å². The molecule has 1 aromatic carbocycles. The molecule has 0 saturated carbocycles. The van der Waals surface area contributed by atoms with Gasteiger partial charge >= 0.3 is 5.97 Å². The second-order valence-electron chi connectivity index (χ2n) is 6.14. The van der Waals surface area contributed by atoms with Crippen molar-refractivity contribution < 1.29 is 14.6 Å². The fraction of sp³-hybridized carbons (Fsp3) is 0.211. The normalized spacial score (nSPS) is 14.5. The lowest BCUT2D eigenvalue weighted by Gasteiger charge is -2.30. The molecule has 8 heteroatoms. The second kappa shape index (κ2) is 7.31. The van der Waals surface area contributed by atoms with Crippen LogP contribution in [0.1, 0.15) is 10.4 Å². The minimum Gasteiger partial charge on any atom is -0.478 e. The lowest BCUT2D eigenvalue weighted by Crippen LogP contribution is -2.37. The second-order valence-corrected chi connectivity index (χ2v) is 7.01. The number of ether oxygens (including phenoxy) is 1. The van der Waals surface area contributed by atoms with Crippen LogP contribution < -0.4 is 4.90 Å². The van der Waals surface area contributed by atoms with Gasteiger partial charge in [0.25, 0.3) is 0 Å². The predicted octanol–water partition coefficient (Wildman–Crippen LogP) is 4.14. The van der Waals surface area contributed by atoms with Gasteiger partial charge in [0.2, 0.25) is 0 Å². The minimum absolute atomic E-state index is 0.158. The molecule has 0 bridgehead atoms. The minimum atomic E-state index is -1.02. The molecule has 1 aliphatic rings. The molecule has 1 saturated heterocycles. The van der Waals surface area contributed by atoms with E-state index in [9.17, 15) is 9.90 Å². The van der Waals surface area contributed by atoms with E-state index >= 15 is 0 Å². The Hall–Kier alpha value is -2.41. The van der Waals surface area contributed by atoms with E-state index in [1.54, 1.807) is 30.5 Å². The Bertz CT molecular complexity index is 1020. The molecule has 6 nitrogen and oxygen atoms in total. The van der Waals surface area contributed by atoms with Gasteiger partial charge in [-0.1, -0.05) is 23.2 Å². The number of aromatic carboxylic acids is 1. The first-order valence-electron chi connectivity index (χ1n) is 8.35. The number of rotatable bonds is 3. The monoisotopic (exact) mass is 403 g/mol. The van der Waals surface area contributed by atoms with Crippen LogP contribution in [0.2, 0.25) is 10.0 Å². The van der Waals surface area contributed by atoms with Crippen molar-refractivity contribution in [2.24, 2.45) is 0 Å². The van der Waals surface area contributed by atoms with Crippen LogP contribution in [0.4, 0.5) is 5.69 Å². The van der Waals surface area contributed by atoms with Crippen LogP contribution >= 0.6 is 23.2 Å². The van der Waals surface area contributed by atoms with Crippen molar-refractivity contribution in [3.63, 3.8) is 0 Å². The SMILES string of the molecule is O=C(O)c1cnc2c(-c3cc(Cl)cc(Cl)c3)nccc2c1N1CCOCC1. The number of anilines is 1. The molecule has 1 aliphatic heterocycles. The maximum absolute atomic E-state index is 11.8. The number of pyridine rings is 2. The fourth-order valence-electron chi connectivity index (χ4n) is 3.30. The maximum atomic E-state index is 11.8. The molecule has 3 heterocycles. The molecular formula is C19H15Cl2N3O3. The van der Waals surface area contributed by atoms with E-state index in [0.29, 0.717) is 53.2 Å². The fourth-order valence-corrected chi connectivity index (χ4v) is 3.82. The Morgan fingerprint density at radius 3 is 2.48 bits per heavy atom. The summed E-state index contributed by atoms with van der Waals surface area (Å²) >= 11 is 12.3. The van der Waals surface area contributed by atoms with Crippen LogP contribution in [0.3, 0.4) is 0 Å². The Morgan fingerprint density at radius 2 is 1.81 bits per heavy atom. The number of fused-ring (bicyclic) bond motifs is 1. The van der Waals surface area contributed by atoms with Crippen LogP contribution in [-0.2, 0) is 4.74 Å². The molecule has 0 radical (unpaired) electrons. The summed E-state index contributed by atoms with van der Waals surface area (Å²) in [6, 6.07) is 6.95. The molecule has 1 N–H and O–H groups in total. The number of hydrogen-bond donors (Lipinski definition) is 1. The van der Waals surface area contributed by atoms with E-state index in [1.807, 2.05) is 4.90 Å². The van der Waals surface area contributed by atoms with Crippen molar-refractivity contribution in [3.8, 4) is 11.3 Å². The standard InChI is InChI=1S/C19H15Cl2N3O3/c20-12-7-11(8-13(21)9-12)16-17-14(1-2-22-16)18(15(10-23-17)19(25)26)24-3-5-27-6-4-24/h1-2,7-10H,3-6H2,(H,25,26). The Kier molecular flexibility index (Phi) is 4.86. The molecule has 4 rings (SSSR count). The summed E-state index contributed by atoms with van der Waals surface area (Å²) in [5.41, 5.74) is 2.71. The van der Waals surface area contributed by atoms with E-state index in [0.717, 1.165) is 10.9 Å². The lowest BCUT2D eigenvalue weighted by molar-refractivity contribution is 0.0696. The number of benzene rings is 1. The molecule has 27 heavy (non-hydrogen) atoms. The average Bonchev–Trinajstić information content (AvgIpc) is 2.66. The van der Waals surface area contributed by atoms with Gasteiger partial charge < -0.3 is 14.7 Å². The first kappa shape index (κ1) is 18.0. The van der Waals surface area contributed by atoms with E-state index in [-0.39, 0.29) is 5.56 Å². The van der Waals surface area contributed by atoms with Crippen molar-refractivity contribution in [1.29, 1.82) is 0 Å². The zero-order valence-corrected chi connectivity index (χ0v) is 15.7. The summed E-state index contributed by atoms with van der Waals surface area (Å²) < 4.78 is 5.41. The topological polar surface area (TPSA) is 75.5 Å². The molecule has 0 aliphatic carbocycles. The van der Waals surface area contributed by atoms with Gasteiger partial charge in [-0.2, -0.15) is 0 Å². The lowest BCUT2D eigenvalue weighted by atomic mass is 10.0. The third kappa shape index (κ3) is 3.43. The van der Waals surface area contributed by atoms with Crippen LogP contribution in [0.15, 0.2) is 36.7 Å².